The number of nitrogens with zero attached hydrogens (tertiary/aromatic N) is 3. The predicted octanol–water partition coefficient (Wildman–Crippen LogP) is 3.88. The van der Waals surface area contributed by atoms with Gasteiger partial charge in [0, 0.05) is 54.9 Å². The molecular formula is C19H22FN3S. The van der Waals surface area contributed by atoms with Crippen LogP contribution in [0.2, 0.25) is 0 Å². The molecule has 0 fully saturated rings. The average Bonchev–Trinajstić information content (AvgIpc) is 2.89. The van der Waals surface area contributed by atoms with Crippen LogP contribution in [0.25, 0.3) is 10.9 Å². The zero-order chi connectivity index (χ0) is 16.7. The van der Waals surface area contributed by atoms with Crippen LogP contribution in [0, 0.1) is 5.82 Å². The maximum absolute atomic E-state index is 13.3. The smallest absolute Gasteiger partial charge is 0.123 e. The average molecular weight is 343 g/mol. The van der Waals surface area contributed by atoms with Gasteiger partial charge in [-0.1, -0.05) is 6.07 Å². The first-order valence-corrected chi connectivity index (χ1v) is 10.4. The highest BCUT2D eigenvalue weighted by molar-refractivity contribution is 8.38. The van der Waals surface area contributed by atoms with Gasteiger partial charge in [0.25, 0.3) is 0 Å². The van der Waals surface area contributed by atoms with Crippen molar-refractivity contribution in [3.63, 3.8) is 0 Å². The minimum atomic E-state index is -0.769. The Bertz CT molecular complexity index is 848. The minimum absolute atomic E-state index is 0.211. The largest absolute Gasteiger partial charge is 0.375 e. The van der Waals surface area contributed by atoms with Gasteiger partial charge >= 0.3 is 0 Å². The molecule has 5 heteroatoms. The van der Waals surface area contributed by atoms with Crippen LogP contribution >= 0.6 is 10.0 Å². The predicted molar refractivity (Wildman–Crippen MR) is 100 cm³/mol. The minimum Gasteiger partial charge on any atom is -0.375 e. The summed E-state index contributed by atoms with van der Waals surface area (Å²) in [6, 6.07) is 8.75. The molecular weight excluding hydrogens is 321 g/mol. The molecule has 4 rings (SSSR count). The van der Waals surface area contributed by atoms with Crippen molar-refractivity contribution in [2.45, 2.75) is 6.42 Å². The molecule has 1 aromatic heterocycles. The van der Waals surface area contributed by atoms with Crippen LogP contribution in [0.15, 0.2) is 53.0 Å². The molecule has 24 heavy (non-hydrogen) atoms. The molecule has 0 saturated carbocycles. The van der Waals surface area contributed by atoms with Crippen LogP contribution in [-0.2, 0) is 6.42 Å². The molecule has 126 valence electrons. The Kier molecular flexibility index (Phi) is 3.76. The molecule has 0 spiro atoms. The van der Waals surface area contributed by atoms with E-state index >= 15 is 0 Å². The standard InChI is InChI=1S/C19H22FN3S/c1-22-9-10-24(2)14-23(13-18(24)12-22)8-7-17-5-3-15-11-16(20)4-6-19(15)21-17/h3-6,9-11,13H,7-8,12,14H2,1-2H3. The van der Waals surface area contributed by atoms with Crippen LogP contribution in [0.1, 0.15) is 5.69 Å². The zero-order valence-electron chi connectivity index (χ0n) is 14.1. The second-order valence-corrected chi connectivity index (χ2v) is 10.2. The van der Waals surface area contributed by atoms with Gasteiger partial charge < -0.3 is 9.80 Å². The molecule has 1 atom stereocenters. The van der Waals surface area contributed by atoms with E-state index in [0.29, 0.717) is 0 Å². The number of fused-ring (bicyclic) bond motifs is 2. The van der Waals surface area contributed by atoms with E-state index in [-0.39, 0.29) is 5.82 Å². The van der Waals surface area contributed by atoms with Crippen molar-refractivity contribution in [2.24, 2.45) is 0 Å². The lowest BCUT2D eigenvalue weighted by Gasteiger charge is -2.37. The molecule has 3 nitrogen and oxygen atoms in total. The Balaban J connectivity index is 1.46. The first kappa shape index (κ1) is 15.5. The molecule has 0 N–H and O–H groups in total. The van der Waals surface area contributed by atoms with Crippen molar-refractivity contribution in [1.29, 1.82) is 0 Å². The van der Waals surface area contributed by atoms with Crippen molar-refractivity contribution in [1.82, 2.24) is 14.8 Å². The van der Waals surface area contributed by atoms with E-state index in [1.54, 1.807) is 11.0 Å². The third kappa shape index (κ3) is 2.88. The van der Waals surface area contributed by atoms with Crippen molar-refractivity contribution in [3.8, 4) is 0 Å². The zero-order valence-corrected chi connectivity index (χ0v) is 14.9. The Morgan fingerprint density at radius 2 is 2.12 bits per heavy atom. The van der Waals surface area contributed by atoms with Crippen LogP contribution in [0.4, 0.5) is 4.39 Å². The fourth-order valence-electron chi connectivity index (χ4n) is 3.31. The maximum Gasteiger partial charge on any atom is 0.123 e. The topological polar surface area (TPSA) is 19.4 Å². The summed E-state index contributed by atoms with van der Waals surface area (Å²) in [6.45, 7) is 2.02. The van der Waals surface area contributed by atoms with E-state index in [4.69, 9.17) is 0 Å². The molecule has 0 bridgehead atoms. The monoisotopic (exact) mass is 343 g/mol. The second kappa shape index (κ2) is 5.81. The van der Waals surface area contributed by atoms with Crippen LogP contribution in [0.5, 0.6) is 0 Å². The molecule has 0 saturated heterocycles. The normalized spacial score (nSPS) is 25.5. The Hall–Kier alpha value is -2.01. The molecule has 0 amide bonds. The van der Waals surface area contributed by atoms with Crippen LogP contribution in [0.3, 0.4) is 0 Å². The number of aromatic nitrogens is 1. The van der Waals surface area contributed by atoms with E-state index in [2.05, 4.69) is 45.9 Å². The quantitative estimate of drug-likeness (QED) is 0.843. The fourth-order valence-corrected chi connectivity index (χ4v) is 5.99. The summed E-state index contributed by atoms with van der Waals surface area (Å²) in [5.74, 6) is 0.906. The summed E-state index contributed by atoms with van der Waals surface area (Å²) in [5, 5.41) is 3.25. The lowest BCUT2D eigenvalue weighted by molar-refractivity contribution is 0.443. The number of hydrogen-bond acceptors (Lipinski definition) is 3. The van der Waals surface area contributed by atoms with Gasteiger partial charge in [-0.15, -0.1) is 0 Å². The Morgan fingerprint density at radius 3 is 3.00 bits per heavy atom. The summed E-state index contributed by atoms with van der Waals surface area (Å²) < 4.78 is 13.3. The number of likely N-dealkylation sites (N-methyl/N-ethyl adjacent to an activating group) is 1. The summed E-state index contributed by atoms with van der Waals surface area (Å²) in [5.41, 5.74) is 1.93. The van der Waals surface area contributed by atoms with Crippen molar-refractivity contribution < 1.29 is 4.39 Å². The first-order chi connectivity index (χ1) is 11.5. The highest BCUT2D eigenvalue weighted by Gasteiger charge is 2.31. The molecule has 1 aromatic carbocycles. The maximum atomic E-state index is 13.3. The van der Waals surface area contributed by atoms with Gasteiger partial charge in [-0.05, 0) is 35.9 Å². The lowest BCUT2D eigenvalue weighted by Crippen LogP contribution is -2.22. The first-order valence-electron chi connectivity index (χ1n) is 8.16. The number of hydrogen-bond donors (Lipinski definition) is 0. The fraction of sp³-hybridized carbons (Fsp3) is 0.316. The van der Waals surface area contributed by atoms with Gasteiger partial charge in [0.2, 0.25) is 0 Å². The van der Waals surface area contributed by atoms with E-state index in [1.807, 2.05) is 12.1 Å². The number of rotatable bonds is 3. The van der Waals surface area contributed by atoms with E-state index in [0.717, 1.165) is 42.0 Å². The second-order valence-electron chi connectivity index (χ2n) is 6.78. The molecule has 3 heterocycles. The third-order valence-electron chi connectivity index (χ3n) is 4.74. The summed E-state index contributed by atoms with van der Waals surface area (Å²) in [7, 11) is 1.36. The van der Waals surface area contributed by atoms with Gasteiger partial charge in [0.1, 0.15) is 5.82 Å². The molecule has 2 aliphatic heterocycles. The van der Waals surface area contributed by atoms with Crippen LogP contribution in [-0.4, -0.2) is 47.1 Å². The van der Waals surface area contributed by atoms with Gasteiger partial charge in [0.05, 0.1) is 11.4 Å². The number of benzene rings is 1. The van der Waals surface area contributed by atoms with Crippen LogP contribution < -0.4 is 0 Å². The molecule has 0 radical (unpaired) electrons. The Labute approximate surface area is 143 Å². The van der Waals surface area contributed by atoms with E-state index in [9.17, 15) is 4.39 Å². The summed E-state index contributed by atoms with van der Waals surface area (Å²) >= 11 is 0. The van der Waals surface area contributed by atoms with Gasteiger partial charge in [-0.3, -0.25) is 4.98 Å². The molecule has 1 unspecified atom stereocenters. The SMILES string of the molecule is CN1C=CS2(C)CN(CCc3ccc4cc(F)ccc4n3)C=C2C1. The Morgan fingerprint density at radius 1 is 1.25 bits per heavy atom. The van der Waals surface area contributed by atoms with E-state index < -0.39 is 10.0 Å². The highest BCUT2D eigenvalue weighted by Crippen LogP contribution is 2.59. The van der Waals surface area contributed by atoms with Gasteiger partial charge in [-0.2, -0.15) is 10.0 Å². The third-order valence-corrected chi connectivity index (χ3v) is 7.77. The lowest BCUT2D eigenvalue weighted by atomic mass is 10.1. The van der Waals surface area contributed by atoms with Crippen molar-refractivity contribution in [2.75, 3.05) is 32.3 Å². The van der Waals surface area contributed by atoms with E-state index in [1.165, 1.54) is 12.1 Å². The number of halogens is 1. The number of pyridine rings is 1. The summed E-state index contributed by atoms with van der Waals surface area (Å²) in [4.78, 5) is 10.9. The van der Waals surface area contributed by atoms with Crippen molar-refractivity contribution in [3.05, 3.63) is 64.6 Å². The van der Waals surface area contributed by atoms with Gasteiger partial charge in [-0.25, -0.2) is 4.39 Å². The molecule has 2 aliphatic rings. The van der Waals surface area contributed by atoms with Crippen molar-refractivity contribution >= 4 is 20.9 Å². The molecule has 2 aromatic rings. The van der Waals surface area contributed by atoms with Gasteiger partial charge in [0.15, 0.2) is 0 Å². The highest BCUT2D eigenvalue weighted by atomic mass is 32.3. The summed E-state index contributed by atoms with van der Waals surface area (Å²) in [6.07, 6.45) is 7.88. The molecule has 0 aliphatic carbocycles.